The largest absolute Gasteiger partial charge is 0.489 e. The lowest BCUT2D eigenvalue weighted by atomic mass is 10.1. The van der Waals surface area contributed by atoms with E-state index in [1.165, 1.54) is 0 Å². The van der Waals surface area contributed by atoms with Crippen molar-refractivity contribution < 1.29 is 9.47 Å². The van der Waals surface area contributed by atoms with Crippen LogP contribution in [0.5, 0.6) is 17.2 Å². The molecule has 7 rings (SSSR count). The van der Waals surface area contributed by atoms with Crippen molar-refractivity contribution in [3.05, 3.63) is 66.7 Å². The number of imidazole rings is 1. The second kappa shape index (κ2) is 8.88. The molecule has 0 unspecified atom stereocenters. The number of likely N-dealkylation sites (N-methyl/N-ethyl adjacent to an activating group) is 1. The van der Waals surface area contributed by atoms with Crippen molar-refractivity contribution in [3.8, 4) is 17.2 Å². The highest BCUT2D eigenvalue weighted by Gasteiger charge is 2.31. The van der Waals surface area contributed by atoms with Crippen molar-refractivity contribution >= 4 is 39.1 Å². The van der Waals surface area contributed by atoms with Crippen molar-refractivity contribution in [2.24, 2.45) is 7.05 Å². The summed E-state index contributed by atoms with van der Waals surface area (Å²) in [6.45, 7) is 5.63. The summed E-state index contributed by atoms with van der Waals surface area (Å²) < 4.78 is 14.6. The third kappa shape index (κ3) is 3.86. The van der Waals surface area contributed by atoms with Gasteiger partial charge in [0.05, 0.1) is 40.0 Å². The first kappa shape index (κ1) is 22.8. The number of hydrogen-bond donors (Lipinski definition) is 1. The molecular weight excluding hydrogens is 478 g/mol. The average molecular weight is 508 g/mol. The molecule has 1 fully saturated rings. The first-order valence-electron chi connectivity index (χ1n) is 12.9. The number of anilines is 3. The summed E-state index contributed by atoms with van der Waals surface area (Å²) in [4.78, 5) is 18.4. The minimum Gasteiger partial charge on any atom is -0.489 e. The molecule has 0 amide bonds. The minimum atomic E-state index is 0.362. The Morgan fingerprint density at radius 1 is 0.974 bits per heavy atom. The Balaban J connectivity index is 1.19. The van der Waals surface area contributed by atoms with Gasteiger partial charge in [0.2, 0.25) is 0 Å². The predicted molar refractivity (Wildman–Crippen MR) is 149 cm³/mol. The lowest BCUT2D eigenvalue weighted by Crippen LogP contribution is -2.52. The van der Waals surface area contributed by atoms with Crippen LogP contribution < -0.4 is 19.7 Å². The molecule has 2 aliphatic rings. The van der Waals surface area contributed by atoms with E-state index in [0.717, 1.165) is 81.6 Å². The second-order valence-corrected chi connectivity index (χ2v) is 10.1. The Hall–Kier alpha value is -4.37. The molecule has 2 aromatic heterocycles. The number of ether oxygens (including phenoxy) is 2. The topological polar surface area (TPSA) is 80.6 Å². The summed E-state index contributed by atoms with van der Waals surface area (Å²) >= 11 is 0. The van der Waals surface area contributed by atoms with Crippen LogP contribution in [0.1, 0.15) is 5.56 Å². The third-order valence-electron chi connectivity index (χ3n) is 7.64. The average Bonchev–Trinajstić information content (AvgIpc) is 3.21. The summed E-state index contributed by atoms with van der Waals surface area (Å²) in [5.74, 6) is 3.13. The van der Waals surface area contributed by atoms with Gasteiger partial charge < -0.3 is 24.3 Å². The van der Waals surface area contributed by atoms with Crippen LogP contribution >= 0.6 is 0 Å². The maximum Gasteiger partial charge on any atom is 0.155 e. The highest BCUT2D eigenvalue weighted by atomic mass is 16.5. The number of hydrogen-bond acceptors (Lipinski definition) is 8. The van der Waals surface area contributed by atoms with Crippen LogP contribution in [0.4, 0.5) is 17.2 Å². The fourth-order valence-corrected chi connectivity index (χ4v) is 5.41. The van der Waals surface area contributed by atoms with E-state index >= 15 is 0 Å². The van der Waals surface area contributed by atoms with E-state index in [4.69, 9.17) is 9.47 Å². The van der Waals surface area contributed by atoms with Crippen LogP contribution in [0.25, 0.3) is 21.9 Å². The van der Waals surface area contributed by atoms with Crippen molar-refractivity contribution in [1.29, 1.82) is 0 Å². The molecule has 2 aliphatic heterocycles. The first-order valence-corrected chi connectivity index (χ1v) is 12.9. The number of benzene rings is 3. The van der Waals surface area contributed by atoms with Gasteiger partial charge in [-0.3, -0.25) is 4.90 Å². The number of aryl methyl sites for hydroxylation is 2. The zero-order valence-electron chi connectivity index (χ0n) is 21.7. The number of nitrogens with zero attached hydrogens (tertiary/aromatic N) is 6. The Kier molecular flexibility index (Phi) is 5.33. The Bertz CT molecular complexity index is 1680. The zero-order chi connectivity index (χ0) is 25.8. The summed E-state index contributed by atoms with van der Waals surface area (Å²) in [6, 6.07) is 16.5. The highest BCUT2D eigenvalue weighted by Crippen LogP contribution is 2.42. The summed E-state index contributed by atoms with van der Waals surface area (Å²) in [5.41, 5.74) is 5.86. The fraction of sp³-hybridized carbons (Fsp3) is 0.276. The zero-order valence-corrected chi connectivity index (χ0v) is 21.7. The van der Waals surface area contributed by atoms with Crippen LogP contribution in [0.15, 0.2) is 61.2 Å². The van der Waals surface area contributed by atoms with Crippen LogP contribution in [0, 0.1) is 6.92 Å². The molecule has 9 heteroatoms. The van der Waals surface area contributed by atoms with E-state index in [1.807, 2.05) is 55.2 Å². The Morgan fingerprint density at radius 3 is 2.79 bits per heavy atom. The van der Waals surface area contributed by atoms with Gasteiger partial charge in [-0.2, -0.15) is 0 Å². The number of fused-ring (bicyclic) bond motifs is 7. The molecule has 0 radical (unpaired) electrons. The van der Waals surface area contributed by atoms with E-state index in [1.54, 1.807) is 6.33 Å². The molecule has 38 heavy (non-hydrogen) atoms. The van der Waals surface area contributed by atoms with Crippen molar-refractivity contribution in [2.75, 3.05) is 43.5 Å². The highest BCUT2D eigenvalue weighted by molar-refractivity contribution is 6.00. The monoisotopic (exact) mass is 507 g/mol. The number of nitrogens with one attached hydrogen (secondary N) is 1. The third-order valence-corrected chi connectivity index (χ3v) is 7.64. The van der Waals surface area contributed by atoms with Gasteiger partial charge in [-0.25, -0.2) is 15.0 Å². The van der Waals surface area contributed by atoms with Crippen LogP contribution in [-0.4, -0.2) is 63.7 Å². The summed E-state index contributed by atoms with van der Waals surface area (Å²) in [5, 5.41) is 4.42. The molecule has 9 nitrogen and oxygen atoms in total. The lowest BCUT2D eigenvalue weighted by molar-refractivity contribution is 0.159. The first-order chi connectivity index (χ1) is 18.5. The van der Waals surface area contributed by atoms with Crippen molar-refractivity contribution in [1.82, 2.24) is 24.4 Å². The molecular formula is C29H29N7O2. The number of aromatic nitrogens is 4. The maximum atomic E-state index is 6.44. The molecule has 1 saturated heterocycles. The standard InChI is InChI=1S/C29H29N7O2/c1-18-12-19(4-9-26(18)38-21-5-7-24-23(13-21)32-17-35(24)3)33-29-27-22(30-16-31-29)6-8-25-28(27)37-15-20-14-36(25)11-10-34(20)2/h4-9,12-13,16-17,20H,10-11,14-15H2,1-3H3,(H,30,31,33)/t20-/m1/s1. The van der Waals surface area contributed by atoms with Gasteiger partial charge in [-0.05, 0) is 62.0 Å². The quantitative estimate of drug-likeness (QED) is 0.369. The molecule has 3 aromatic carbocycles. The molecule has 0 aliphatic carbocycles. The summed E-state index contributed by atoms with van der Waals surface area (Å²) in [7, 11) is 4.15. The SMILES string of the molecule is Cc1cc(Nc2ncnc3ccc4c(c23)OC[C@H]2CN4CCN2C)ccc1Oc1ccc2c(c1)ncn2C. The molecule has 4 heterocycles. The van der Waals surface area contributed by atoms with Gasteiger partial charge >= 0.3 is 0 Å². The second-order valence-electron chi connectivity index (χ2n) is 10.1. The van der Waals surface area contributed by atoms with Crippen molar-refractivity contribution in [3.63, 3.8) is 0 Å². The maximum absolute atomic E-state index is 6.44. The van der Waals surface area contributed by atoms with Crippen molar-refractivity contribution in [2.45, 2.75) is 13.0 Å². The molecule has 2 bridgehead atoms. The van der Waals surface area contributed by atoms with Gasteiger partial charge in [-0.1, -0.05) is 0 Å². The smallest absolute Gasteiger partial charge is 0.155 e. The Labute approximate surface area is 220 Å². The molecule has 0 saturated carbocycles. The van der Waals surface area contributed by atoms with Crippen LogP contribution in [-0.2, 0) is 7.05 Å². The molecule has 192 valence electrons. The van der Waals surface area contributed by atoms with Crippen LogP contribution in [0.2, 0.25) is 0 Å². The summed E-state index contributed by atoms with van der Waals surface area (Å²) in [6.07, 6.45) is 3.40. The van der Waals surface area contributed by atoms with Crippen LogP contribution in [0.3, 0.4) is 0 Å². The number of rotatable bonds is 4. The van der Waals surface area contributed by atoms with Gasteiger partial charge in [0, 0.05) is 38.4 Å². The minimum absolute atomic E-state index is 0.362. The predicted octanol–water partition coefficient (Wildman–Crippen LogP) is 4.87. The molecule has 0 spiro atoms. The van der Waals surface area contributed by atoms with E-state index in [9.17, 15) is 0 Å². The van der Waals surface area contributed by atoms with Gasteiger partial charge in [0.15, 0.2) is 5.75 Å². The molecule has 1 N–H and O–H groups in total. The Morgan fingerprint density at radius 2 is 1.89 bits per heavy atom. The van der Waals surface area contributed by atoms with Gasteiger partial charge in [-0.15, -0.1) is 0 Å². The molecule has 5 aromatic rings. The fourth-order valence-electron chi connectivity index (χ4n) is 5.41. The van der Waals surface area contributed by atoms with Gasteiger partial charge in [0.1, 0.15) is 30.3 Å². The van der Waals surface area contributed by atoms with Gasteiger partial charge in [0.25, 0.3) is 0 Å². The van der Waals surface area contributed by atoms with E-state index in [2.05, 4.69) is 55.3 Å². The van der Waals surface area contributed by atoms with E-state index in [0.29, 0.717) is 12.6 Å². The number of piperazine rings is 1. The molecule has 1 atom stereocenters. The normalized spacial score (nSPS) is 17.2. The van der Waals surface area contributed by atoms with E-state index in [-0.39, 0.29) is 0 Å². The van der Waals surface area contributed by atoms with E-state index < -0.39 is 0 Å². The lowest BCUT2D eigenvalue weighted by Gasteiger charge is -2.37.